The van der Waals surface area contributed by atoms with E-state index < -0.39 is 0 Å². The molecule has 18 heavy (non-hydrogen) atoms. The normalized spacial score (nSPS) is 10.7. The molecule has 0 fully saturated rings. The lowest BCUT2D eigenvalue weighted by Gasteiger charge is -2.09. The zero-order chi connectivity index (χ0) is 13.3. The molecule has 0 spiro atoms. The van der Waals surface area contributed by atoms with Crippen molar-refractivity contribution < 1.29 is 4.39 Å². The molecule has 0 aliphatic rings. The first-order valence-electron chi connectivity index (χ1n) is 5.92. The van der Waals surface area contributed by atoms with Crippen LogP contribution in [0.15, 0.2) is 18.2 Å². The highest BCUT2D eigenvalue weighted by molar-refractivity contribution is 5.59. The van der Waals surface area contributed by atoms with Gasteiger partial charge in [-0.15, -0.1) is 0 Å². The largest absolute Gasteiger partial charge is 0.383 e. The quantitative estimate of drug-likeness (QED) is 0.884. The fraction of sp³-hybridized carbons (Fsp3) is 0.286. The molecule has 3 nitrogen and oxygen atoms in total. The van der Waals surface area contributed by atoms with Crippen LogP contribution in [0.2, 0.25) is 0 Å². The van der Waals surface area contributed by atoms with Crippen molar-refractivity contribution in [2.45, 2.75) is 27.2 Å². The van der Waals surface area contributed by atoms with Crippen molar-refractivity contribution in [3.63, 3.8) is 0 Å². The van der Waals surface area contributed by atoms with Gasteiger partial charge in [-0.25, -0.2) is 14.4 Å². The number of nitrogens with zero attached hydrogens (tertiary/aromatic N) is 2. The van der Waals surface area contributed by atoms with Crippen LogP contribution in [0.1, 0.15) is 23.7 Å². The van der Waals surface area contributed by atoms with Crippen LogP contribution in [-0.2, 0) is 6.42 Å². The molecule has 4 heteroatoms. The summed E-state index contributed by atoms with van der Waals surface area (Å²) in [5.74, 6) is 0.812. The van der Waals surface area contributed by atoms with Gasteiger partial charge in [0.25, 0.3) is 0 Å². The number of nitrogen functional groups attached to an aromatic ring is 1. The Bertz CT molecular complexity index is 594. The van der Waals surface area contributed by atoms with Crippen molar-refractivity contribution >= 4 is 5.82 Å². The molecule has 0 amide bonds. The van der Waals surface area contributed by atoms with Crippen LogP contribution >= 0.6 is 0 Å². The summed E-state index contributed by atoms with van der Waals surface area (Å²) >= 11 is 0. The van der Waals surface area contributed by atoms with Crippen LogP contribution in [0.25, 0.3) is 11.4 Å². The first-order valence-corrected chi connectivity index (χ1v) is 5.92. The lowest BCUT2D eigenvalue weighted by atomic mass is 10.1. The van der Waals surface area contributed by atoms with Gasteiger partial charge in [0.05, 0.1) is 0 Å². The molecule has 0 aliphatic heterocycles. The number of hydrogen-bond donors (Lipinski definition) is 1. The van der Waals surface area contributed by atoms with E-state index in [-0.39, 0.29) is 5.82 Å². The summed E-state index contributed by atoms with van der Waals surface area (Å²) in [6.07, 6.45) is 0.797. The Morgan fingerprint density at radius 2 is 1.94 bits per heavy atom. The van der Waals surface area contributed by atoms with E-state index in [1.807, 2.05) is 13.8 Å². The fourth-order valence-electron chi connectivity index (χ4n) is 1.84. The van der Waals surface area contributed by atoms with Gasteiger partial charge in [0.15, 0.2) is 5.82 Å². The van der Waals surface area contributed by atoms with E-state index in [1.54, 1.807) is 19.1 Å². The topological polar surface area (TPSA) is 51.8 Å². The lowest BCUT2D eigenvalue weighted by molar-refractivity contribution is 0.618. The number of halogens is 1. The van der Waals surface area contributed by atoms with Gasteiger partial charge >= 0.3 is 0 Å². The Labute approximate surface area is 106 Å². The van der Waals surface area contributed by atoms with Crippen LogP contribution in [0, 0.1) is 19.7 Å². The smallest absolute Gasteiger partial charge is 0.161 e. The molecule has 0 bridgehead atoms. The molecular formula is C14H16FN3. The molecule has 2 N–H and O–H groups in total. The summed E-state index contributed by atoms with van der Waals surface area (Å²) in [7, 11) is 0. The summed E-state index contributed by atoms with van der Waals surface area (Å²) in [5, 5.41) is 0. The first kappa shape index (κ1) is 12.5. The first-order chi connectivity index (χ1) is 8.52. The van der Waals surface area contributed by atoms with Crippen molar-refractivity contribution in [2.24, 2.45) is 0 Å². The van der Waals surface area contributed by atoms with Gasteiger partial charge in [0.1, 0.15) is 11.6 Å². The average molecular weight is 245 g/mol. The van der Waals surface area contributed by atoms with Gasteiger partial charge in [-0.3, -0.25) is 0 Å². The van der Waals surface area contributed by atoms with E-state index in [0.29, 0.717) is 17.2 Å². The minimum atomic E-state index is -0.227. The average Bonchev–Trinajstić information content (AvgIpc) is 2.36. The van der Waals surface area contributed by atoms with Crippen molar-refractivity contribution in [1.29, 1.82) is 0 Å². The molecule has 0 unspecified atom stereocenters. The third kappa shape index (κ3) is 2.18. The molecule has 2 aromatic rings. The SMILES string of the molecule is CCc1nc(-c2ccc(F)c(C)c2)nc(N)c1C. The third-order valence-corrected chi connectivity index (χ3v) is 3.04. The molecular weight excluding hydrogens is 229 g/mol. The summed E-state index contributed by atoms with van der Waals surface area (Å²) in [5.41, 5.74) is 9.09. The van der Waals surface area contributed by atoms with Crippen molar-refractivity contribution in [1.82, 2.24) is 9.97 Å². The Hall–Kier alpha value is -1.97. The zero-order valence-corrected chi connectivity index (χ0v) is 10.8. The summed E-state index contributed by atoms with van der Waals surface area (Å²) in [6, 6.07) is 4.83. The number of nitrogens with two attached hydrogens (primary N) is 1. The maximum absolute atomic E-state index is 13.2. The van der Waals surface area contributed by atoms with Crippen molar-refractivity contribution in [3.8, 4) is 11.4 Å². The standard InChI is InChI=1S/C14H16FN3/c1-4-12-9(3)13(16)18-14(17-12)10-5-6-11(15)8(2)7-10/h5-7H,4H2,1-3H3,(H2,16,17,18). The molecule has 1 aromatic carbocycles. The number of benzene rings is 1. The fourth-order valence-corrected chi connectivity index (χ4v) is 1.84. The maximum Gasteiger partial charge on any atom is 0.161 e. The molecule has 0 saturated carbocycles. The van der Waals surface area contributed by atoms with Gasteiger partial charge in [-0.1, -0.05) is 6.92 Å². The van der Waals surface area contributed by atoms with E-state index in [4.69, 9.17) is 5.73 Å². The highest BCUT2D eigenvalue weighted by Gasteiger charge is 2.10. The molecule has 1 heterocycles. The maximum atomic E-state index is 13.2. The molecule has 0 atom stereocenters. The predicted molar refractivity (Wildman–Crippen MR) is 70.7 cm³/mol. The molecule has 0 saturated heterocycles. The number of rotatable bonds is 2. The molecule has 0 aliphatic carbocycles. The summed E-state index contributed by atoms with van der Waals surface area (Å²) < 4.78 is 13.2. The zero-order valence-electron chi connectivity index (χ0n) is 10.8. The lowest BCUT2D eigenvalue weighted by Crippen LogP contribution is -2.04. The van der Waals surface area contributed by atoms with Crippen LogP contribution in [0.3, 0.4) is 0 Å². The monoisotopic (exact) mass is 245 g/mol. The van der Waals surface area contributed by atoms with Crippen LogP contribution in [0.5, 0.6) is 0 Å². The minimum Gasteiger partial charge on any atom is -0.383 e. The Morgan fingerprint density at radius 3 is 2.56 bits per heavy atom. The van der Waals surface area contributed by atoms with Crippen LogP contribution in [-0.4, -0.2) is 9.97 Å². The Balaban J connectivity index is 2.57. The van der Waals surface area contributed by atoms with E-state index >= 15 is 0 Å². The predicted octanol–water partition coefficient (Wildman–Crippen LogP) is 3.04. The van der Waals surface area contributed by atoms with Crippen molar-refractivity contribution in [2.75, 3.05) is 5.73 Å². The number of aryl methyl sites for hydroxylation is 2. The highest BCUT2D eigenvalue weighted by atomic mass is 19.1. The second-order valence-electron chi connectivity index (χ2n) is 4.32. The second kappa shape index (κ2) is 4.72. The van der Waals surface area contributed by atoms with E-state index in [1.165, 1.54) is 6.07 Å². The van der Waals surface area contributed by atoms with Crippen molar-refractivity contribution in [3.05, 3.63) is 40.8 Å². The number of anilines is 1. The van der Waals surface area contributed by atoms with Gasteiger partial charge in [-0.05, 0) is 44.0 Å². The summed E-state index contributed by atoms with van der Waals surface area (Å²) in [6.45, 7) is 5.65. The van der Waals surface area contributed by atoms with Crippen LogP contribution in [0.4, 0.5) is 10.2 Å². The van der Waals surface area contributed by atoms with E-state index in [9.17, 15) is 4.39 Å². The molecule has 1 aromatic heterocycles. The highest BCUT2D eigenvalue weighted by Crippen LogP contribution is 2.22. The van der Waals surface area contributed by atoms with E-state index in [2.05, 4.69) is 9.97 Å². The molecule has 94 valence electrons. The number of hydrogen-bond acceptors (Lipinski definition) is 3. The van der Waals surface area contributed by atoms with Crippen LogP contribution < -0.4 is 5.73 Å². The number of aromatic nitrogens is 2. The molecule has 0 radical (unpaired) electrons. The van der Waals surface area contributed by atoms with E-state index in [0.717, 1.165) is 23.2 Å². The Kier molecular flexibility index (Phi) is 3.28. The molecule has 2 rings (SSSR count). The Morgan fingerprint density at radius 1 is 1.22 bits per heavy atom. The van der Waals surface area contributed by atoms with Gasteiger partial charge in [0, 0.05) is 16.8 Å². The minimum absolute atomic E-state index is 0.227. The van der Waals surface area contributed by atoms with Gasteiger partial charge in [0.2, 0.25) is 0 Å². The second-order valence-corrected chi connectivity index (χ2v) is 4.32. The van der Waals surface area contributed by atoms with Gasteiger partial charge < -0.3 is 5.73 Å². The summed E-state index contributed by atoms with van der Waals surface area (Å²) in [4.78, 5) is 8.75. The third-order valence-electron chi connectivity index (χ3n) is 3.04. The van der Waals surface area contributed by atoms with Gasteiger partial charge in [-0.2, -0.15) is 0 Å².